The minimum absolute atomic E-state index is 0.0563. The number of anilines is 3. The normalized spacial score (nSPS) is 17.8. The van der Waals surface area contributed by atoms with Gasteiger partial charge in [-0.1, -0.05) is 64.2 Å². The number of nitrogens with zero attached hydrogens (tertiary/aromatic N) is 6. The van der Waals surface area contributed by atoms with Crippen molar-refractivity contribution in [2.45, 2.75) is 77.6 Å². The third-order valence-corrected chi connectivity index (χ3v) is 12.3. The number of hydrogen-bond acceptors (Lipinski definition) is 15. The summed E-state index contributed by atoms with van der Waals surface area (Å²) in [6.07, 6.45) is 5.48. The molecule has 3 aliphatic heterocycles. The molecule has 9 N–H and O–H groups in total. The Hall–Kier alpha value is -6.31. The number of morpholine rings is 3. The monoisotopic (exact) mass is 1050 g/mol. The van der Waals surface area contributed by atoms with Crippen LogP contribution in [-0.2, 0) is 20.6 Å². The van der Waals surface area contributed by atoms with Gasteiger partial charge >= 0.3 is 0 Å². The second kappa shape index (κ2) is 26.1. The molecular formula is C48H59Cl2F2N15O6. The van der Waals surface area contributed by atoms with Crippen molar-refractivity contribution in [3.63, 3.8) is 0 Å². The lowest BCUT2D eigenvalue weighted by molar-refractivity contribution is 0.0227. The molecule has 73 heavy (non-hydrogen) atoms. The molecule has 3 saturated heterocycles. The molecule has 25 heteroatoms. The minimum atomic E-state index is -0.617. The maximum atomic E-state index is 14.3. The molecule has 6 aromatic rings. The highest BCUT2D eigenvalue weighted by Crippen LogP contribution is 2.28. The second-order valence-corrected chi connectivity index (χ2v) is 18.4. The lowest BCUT2D eigenvalue weighted by atomic mass is 10.1. The van der Waals surface area contributed by atoms with Crippen LogP contribution in [0.15, 0.2) is 48.9 Å². The second-order valence-electron chi connectivity index (χ2n) is 17.6. The van der Waals surface area contributed by atoms with E-state index in [0.717, 1.165) is 44.0 Å². The molecule has 0 aliphatic carbocycles. The summed E-state index contributed by atoms with van der Waals surface area (Å²) >= 11 is 12.4. The number of aromatic amines is 3. The fourth-order valence-electron chi connectivity index (χ4n) is 7.60. The number of aromatic nitrogens is 9. The fourth-order valence-corrected chi connectivity index (χ4v) is 8.25. The Bertz CT molecular complexity index is 2650. The van der Waals surface area contributed by atoms with E-state index in [-0.39, 0.29) is 69.1 Å². The zero-order valence-corrected chi connectivity index (χ0v) is 42.4. The van der Waals surface area contributed by atoms with Crippen molar-refractivity contribution < 1.29 is 37.4 Å². The van der Waals surface area contributed by atoms with Crippen molar-refractivity contribution in [3.8, 4) is 0 Å². The van der Waals surface area contributed by atoms with E-state index < -0.39 is 29.6 Å². The van der Waals surface area contributed by atoms with Crippen LogP contribution in [0.3, 0.4) is 0 Å². The number of H-pyrrole nitrogens is 3. The Kier molecular flexibility index (Phi) is 19.4. The molecule has 9 rings (SSSR count). The standard InChI is InChI=1S/C16H19ClFN5O2.C16H20ClN5O2.C16H20FN5O2/c1-2-3-11-13(17)15(23-22-11)16(24)21-9-6-10(18)14(20-7-9)12-8-19-4-5-25-12;2*1-9(2)14-13(17)15(22-21-14)16(23)20-10-3-4-11(19-7-10)12-8-18-5-6-24-12/h6-7,12,19H,2-5,8H2,1H3,(H,21,24)(H,22,23);2*3-4,7,9,12,18H,5-6,8H2,1-2H3,(H,20,23)(H,21,22)/t;2*12-/m.11/s1. The van der Waals surface area contributed by atoms with Crippen LogP contribution in [0.1, 0.15) is 137 Å². The van der Waals surface area contributed by atoms with E-state index in [1.807, 2.05) is 40.7 Å². The van der Waals surface area contributed by atoms with E-state index in [2.05, 4.69) is 77.4 Å². The van der Waals surface area contributed by atoms with Crippen LogP contribution in [0.5, 0.6) is 0 Å². The van der Waals surface area contributed by atoms with Crippen molar-refractivity contribution >= 4 is 58.0 Å². The summed E-state index contributed by atoms with van der Waals surface area (Å²) in [5, 5.41) is 38.0. The Balaban J connectivity index is 0.000000160. The van der Waals surface area contributed by atoms with Gasteiger partial charge in [0.15, 0.2) is 11.5 Å². The molecule has 0 spiro atoms. The van der Waals surface area contributed by atoms with E-state index in [9.17, 15) is 23.2 Å². The number of ether oxygens (including phenoxy) is 3. The SMILES string of the molecule is CC(C)c1n[nH]c(C(=O)Nc2ccc([C@H]3CNCCO3)nc2)c1Cl.CC(C)c1n[nH]c(C(=O)Nc2ccc([C@H]3CNCCO3)nc2)c1F.CCCc1n[nH]c(C(=O)Nc2cnc(C3CNCCO3)c(F)c2)c1Cl. The van der Waals surface area contributed by atoms with Gasteiger partial charge < -0.3 is 46.1 Å². The van der Waals surface area contributed by atoms with E-state index in [1.54, 1.807) is 24.4 Å². The van der Waals surface area contributed by atoms with Crippen LogP contribution in [0.2, 0.25) is 10.0 Å². The molecule has 3 atom stereocenters. The van der Waals surface area contributed by atoms with E-state index in [1.165, 1.54) is 18.5 Å². The number of carbonyl (C=O) groups is 3. The Morgan fingerprint density at radius 1 is 0.630 bits per heavy atom. The van der Waals surface area contributed by atoms with Gasteiger partial charge in [-0.25, -0.2) is 8.78 Å². The van der Waals surface area contributed by atoms with E-state index in [4.69, 9.17) is 37.4 Å². The summed E-state index contributed by atoms with van der Waals surface area (Å²) in [7, 11) is 0. The summed E-state index contributed by atoms with van der Waals surface area (Å²) in [6, 6.07) is 8.37. The van der Waals surface area contributed by atoms with Crippen molar-refractivity contribution in [2.24, 2.45) is 0 Å². The van der Waals surface area contributed by atoms with Gasteiger partial charge in [-0.05, 0) is 36.6 Å². The number of pyridine rings is 3. The van der Waals surface area contributed by atoms with Gasteiger partial charge in [0.25, 0.3) is 17.7 Å². The number of rotatable bonds is 13. The van der Waals surface area contributed by atoms with Crippen molar-refractivity contribution in [3.05, 3.63) is 122 Å². The Labute approximate surface area is 429 Å². The molecule has 0 radical (unpaired) electrons. The smallest absolute Gasteiger partial charge is 0.276 e. The summed E-state index contributed by atoms with van der Waals surface area (Å²) in [5.41, 5.74) is 4.92. The molecule has 3 aliphatic rings. The van der Waals surface area contributed by atoms with Crippen LogP contribution < -0.4 is 31.9 Å². The van der Waals surface area contributed by atoms with Crippen LogP contribution >= 0.6 is 23.2 Å². The number of amides is 3. The molecule has 3 amide bonds. The third-order valence-electron chi connectivity index (χ3n) is 11.5. The van der Waals surface area contributed by atoms with Gasteiger partial charge in [0.05, 0.1) is 88.3 Å². The van der Waals surface area contributed by atoms with Crippen LogP contribution in [0, 0.1) is 11.6 Å². The first-order valence-corrected chi connectivity index (χ1v) is 24.7. The minimum Gasteiger partial charge on any atom is -0.369 e. The van der Waals surface area contributed by atoms with Crippen molar-refractivity contribution in [1.29, 1.82) is 0 Å². The van der Waals surface area contributed by atoms with Crippen LogP contribution in [0.4, 0.5) is 25.8 Å². The van der Waals surface area contributed by atoms with E-state index >= 15 is 0 Å². The maximum Gasteiger partial charge on any atom is 0.276 e. The molecule has 0 aromatic carbocycles. The molecule has 0 saturated carbocycles. The predicted octanol–water partition coefficient (Wildman–Crippen LogP) is 6.94. The highest BCUT2D eigenvalue weighted by molar-refractivity contribution is 6.35. The first-order valence-electron chi connectivity index (χ1n) is 23.9. The topological polar surface area (TPSA) is 276 Å². The Morgan fingerprint density at radius 2 is 1.10 bits per heavy atom. The molecule has 390 valence electrons. The van der Waals surface area contributed by atoms with Crippen LogP contribution in [-0.4, -0.2) is 122 Å². The predicted molar refractivity (Wildman–Crippen MR) is 269 cm³/mol. The zero-order chi connectivity index (χ0) is 52.0. The average molecular weight is 1050 g/mol. The van der Waals surface area contributed by atoms with Crippen molar-refractivity contribution in [1.82, 2.24) is 61.5 Å². The molecule has 9 heterocycles. The van der Waals surface area contributed by atoms with Gasteiger partial charge in [0.1, 0.15) is 46.9 Å². The lowest BCUT2D eigenvalue weighted by Crippen LogP contribution is -2.34. The summed E-state index contributed by atoms with van der Waals surface area (Å²) < 4.78 is 45.2. The first-order chi connectivity index (χ1) is 35.2. The quantitative estimate of drug-likeness (QED) is 0.0567. The average Bonchev–Trinajstić information content (AvgIpc) is 4.11. The summed E-state index contributed by atoms with van der Waals surface area (Å²) in [6.45, 7) is 15.7. The van der Waals surface area contributed by atoms with Gasteiger partial charge in [-0.2, -0.15) is 15.3 Å². The maximum absolute atomic E-state index is 14.3. The molecule has 0 bridgehead atoms. The number of halogens is 4. The Morgan fingerprint density at radius 3 is 1.55 bits per heavy atom. The third kappa shape index (κ3) is 14.3. The van der Waals surface area contributed by atoms with E-state index in [0.29, 0.717) is 67.1 Å². The lowest BCUT2D eigenvalue weighted by Gasteiger charge is -2.23. The number of nitrogens with one attached hydrogen (secondary N) is 9. The first kappa shape index (κ1) is 54.5. The molecule has 6 aromatic heterocycles. The fraction of sp³-hybridized carbons (Fsp3) is 0.438. The van der Waals surface area contributed by atoms with Crippen LogP contribution in [0.25, 0.3) is 0 Å². The number of hydrogen-bond donors (Lipinski definition) is 9. The van der Waals surface area contributed by atoms with Gasteiger partial charge in [-0.15, -0.1) is 0 Å². The zero-order valence-electron chi connectivity index (χ0n) is 40.9. The largest absolute Gasteiger partial charge is 0.369 e. The van der Waals surface area contributed by atoms with Gasteiger partial charge in [0.2, 0.25) is 0 Å². The molecule has 3 fully saturated rings. The van der Waals surface area contributed by atoms with Gasteiger partial charge in [0, 0.05) is 51.3 Å². The highest BCUT2D eigenvalue weighted by atomic mass is 35.5. The number of aryl methyl sites for hydroxylation is 1. The molecular weight excluding hydrogens is 992 g/mol. The van der Waals surface area contributed by atoms with Crippen molar-refractivity contribution in [2.75, 3.05) is 75.0 Å². The summed E-state index contributed by atoms with van der Waals surface area (Å²) in [5.74, 6) is -2.54. The van der Waals surface area contributed by atoms with Gasteiger partial charge in [-0.3, -0.25) is 44.6 Å². The number of carbonyl (C=O) groups excluding carboxylic acids is 3. The highest BCUT2D eigenvalue weighted by Gasteiger charge is 2.25. The molecule has 21 nitrogen and oxygen atoms in total. The summed E-state index contributed by atoms with van der Waals surface area (Å²) in [4.78, 5) is 49.6. The molecule has 1 unspecified atom stereocenters.